The molecule has 0 heterocycles. The summed E-state index contributed by atoms with van der Waals surface area (Å²) in [6, 6.07) is 13.2. The van der Waals surface area contributed by atoms with Gasteiger partial charge < -0.3 is 5.73 Å². The molecule has 110 valence electrons. The third-order valence-corrected chi connectivity index (χ3v) is 5.29. The van der Waals surface area contributed by atoms with Gasteiger partial charge in [-0.2, -0.15) is 0 Å². The van der Waals surface area contributed by atoms with E-state index in [0.717, 1.165) is 0 Å². The molecular weight excluding hydrogens is 254 g/mol. The second-order valence-electron chi connectivity index (χ2n) is 6.62. The molecule has 0 amide bonds. The smallest absolute Gasteiger partial charge is 0.0335 e. The van der Waals surface area contributed by atoms with Gasteiger partial charge in [0.25, 0.3) is 0 Å². The summed E-state index contributed by atoms with van der Waals surface area (Å²) in [4.78, 5) is 0. The SMILES string of the molecule is Cc1cc(C)c(C)c(C(N)C2CC2c2ccccc2)c1C. The third-order valence-electron chi connectivity index (χ3n) is 5.29. The standard InChI is InChI=1S/C20H25N/c1-12-10-13(2)15(4)19(14(12)3)20(21)18-11-17(18)16-8-6-5-7-9-16/h5-10,17-18,20H,11,21H2,1-4H3. The molecule has 3 rings (SSSR count). The average Bonchev–Trinajstić information content (AvgIpc) is 3.27. The van der Waals surface area contributed by atoms with E-state index in [-0.39, 0.29) is 6.04 Å². The summed E-state index contributed by atoms with van der Waals surface area (Å²) in [6.45, 7) is 8.83. The summed E-state index contributed by atoms with van der Waals surface area (Å²) in [6.07, 6.45) is 1.22. The Morgan fingerprint density at radius 2 is 1.52 bits per heavy atom. The quantitative estimate of drug-likeness (QED) is 0.864. The molecule has 3 unspecified atom stereocenters. The Bertz CT molecular complexity index is 631. The summed E-state index contributed by atoms with van der Waals surface area (Å²) in [5.74, 6) is 1.23. The number of nitrogens with two attached hydrogens (primary N) is 1. The van der Waals surface area contributed by atoms with Crippen LogP contribution in [0.3, 0.4) is 0 Å². The fourth-order valence-corrected chi connectivity index (χ4v) is 3.66. The van der Waals surface area contributed by atoms with Crippen molar-refractivity contribution < 1.29 is 0 Å². The molecule has 1 nitrogen and oxygen atoms in total. The van der Waals surface area contributed by atoms with Gasteiger partial charge in [-0.25, -0.2) is 0 Å². The highest BCUT2D eigenvalue weighted by atomic mass is 14.7. The zero-order chi connectivity index (χ0) is 15.1. The van der Waals surface area contributed by atoms with Gasteiger partial charge in [0.05, 0.1) is 0 Å². The van der Waals surface area contributed by atoms with Gasteiger partial charge in [0.2, 0.25) is 0 Å². The van der Waals surface area contributed by atoms with E-state index in [4.69, 9.17) is 5.73 Å². The molecule has 0 aromatic heterocycles. The van der Waals surface area contributed by atoms with Crippen molar-refractivity contribution in [3.8, 4) is 0 Å². The maximum Gasteiger partial charge on any atom is 0.0335 e. The molecule has 0 bridgehead atoms. The van der Waals surface area contributed by atoms with Gasteiger partial charge in [0.15, 0.2) is 0 Å². The first-order valence-corrected chi connectivity index (χ1v) is 7.88. The summed E-state index contributed by atoms with van der Waals surface area (Å²) in [5.41, 5.74) is 15.0. The van der Waals surface area contributed by atoms with E-state index in [0.29, 0.717) is 11.8 Å². The fourth-order valence-electron chi connectivity index (χ4n) is 3.66. The van der Waals surface area contributed by atoms with Crippen LogP contribution in [0, 0.1) is 33.6 Å². The Hall–Kier alpha value is -1.60. The molecule has 2 aromatic rings. The highest BCUT2D eigenvalue weighted by Gasteiger charge is 2.43. The lowest BCUT2D eigenvalue weighted by atomic mass is 9.87. The number of hydrogen-bond donors (Lipinski definition) is 1. The molecule has 1 saturated carbocycles. The normalized spacial score (nSPS) is 22.1. The minimum Gasteiger partial charge on any atom is -0.324 e. The minimum atomic E-state index is 0.161. The summed E-state index contributed by atoms with van der Waals surface area (Å²) in [7, 11) is 0. The van der Waals surface area contributed by atoms with Crippen LogP contribution in [-0.2, 0) is 0 Å². The van der Waals surface area contributed by atoms with Crippen molar-refractivity contribution in [3.05, 3.63) is 69.8 Å². The van der Waals surface area contributed by atoms with Crippen LogP contribution < -0.4 is 5.73 Å². The zero-order valence-electron chi connectivity index (χ0n) is 13.5. The number of aryl methyl sites for hydroxylation is 2. The number of benzene rings is 2. The van der Waals surface area contributed by atoms with E-state index in [1.165, 1.54) is 39.8 Å². The van der Waals surface area contributed by atoms with Crippen molar-refractivity contribution in [1.82, 2.24) is 0 Å². The molecular formula is C20H25N. The fraction of sp³-hybridized carbons (Fsp3) is 0.400. The molecule has 2 N–H and O–H groups in total. The highest BCUT2D eigenvalue weighted by Crippen LogP contribution is 2.54. The summed E-state index contributed by atoms with van der Waals surface area (Å²) >= 11 is 0. The van der Waals surface area contributed by atoms with Crippen molar-refractivity contribution in [2.75, 3.05) is 0 Å². The first-order valence-electron chi connectivity index (χ1n) is 7.88. The van der Waals surface area contributed by atoms with Crippen LogP contribution in [0.2, 0.25) is 0 Å². The Morgan fingerprint density at radius 3 is 2.10 bits per heavy atom. The molecule has 0 saturated heterocycles. The van der Waals surface area contributed by atoms with Crippen LogP contribution in [-0.4, -0.2) is 0 Å². The molecule has 2 aromatic carbocycles. The van der Waals surface area contributed by atoms with E-state index < -0.39 is 0 Å². The van der Waals surface area contributed by atoms with Crippen LogP contribution in [0.4, 0.5) is 0 Å². The predicted octanol–water partition coefficient (Wildman–Crippen LogP) is 4.72. The predicted molar refractivity (Wildman–Crippen MR) is 89.6 cm³/mol. The molecule has 21 heavy (non-hydrogen) atoms. The lowest BCUT2D eigenvalue weighted by Gasteiger charge is -2.21. The highest BCUT2D eigenvalue weighted by molar-refractivity contribution is 5.47. The topological polar surface area (TPSA) is 26.0 Å². The van der Waals surface area contributed by atoms with Gasteiger partial charge in [-0.1, -0.05) is 36.4 Å². The first-order chi connectivity index (χ1) is 10.0. The van der Waals surface area contributed by atoms with E-state index in [9.17, 15) is 0 Å². The van der Waals surface area contributed by atoms with E-state index in [1.54, 1.807) is 0 Å². The van der Waals surface area contributed by atoms with Crippen LogP contribution >= 0.6 is 0 Å². The zero-order valence-corrected chi connectivity index (χ0v) is 13.5. The van der Waals surface area contributed by atoms with E-state index in [2.05, 4.69) is 64.1 Å². The van der Waals surface area contributed by atoms with Gasteiger partial charge >= 0.3 is 0 Å². The van der Waals surface area contributed by atoms with E-state index >= 15 is 0 Å². The Labute approximate surface area is 128 Å². The molecule has 1 heteroatoms. The van der Waals surface area contributed by atoms with Gasteiger partial charge in [-0.15, -0.1) is 0 Å². The third kappa shape index (κ3) is 2.51. The molecule has 1 aliphatic rings. The second kappa shape index (κ2) is 5.31. The lowest BCUT2D eigenvalue weighted by molar-refractivity contribution is 0.607. The maximum absolute atomic E-state index is 6.67. The summed E-state index contributed by atoms with van der Waals surface area (Å²) < 4.78 is 0. The van der Waals surface area contributed by atoms with Gasteiger partial charge in [-0.3, -0.25) is 0 Å². The molecule has 0 aliphatic heterocycles. The van der Waals surface area contributed by atoms with E-state index in [1.807, 2.05) is 0 Å². The lowest BCUT2D eigenvalue weighted by Crippen LogP contribution is -2.17. The molecule has 0 radical (unpaired) electrons. The molecule has 1 aliphatic carbocycles. The first kappa shape index (κ1) is 14.3. The van der Waals surface area contributed by atoms with Crippen LogP contribution in [0.25, 0.3) is 0 Å². The van der Waals surface area contributed by atoms with Crippen molar-refractivity contribution >= 4 is 0 Å². The van der Waals surface area contributed by atoms with Crippen molar-refractivity contribution in [2.45, 2.75) is 46.1 Å². The Balaban J connectivity index is 1.90. The second-order valence-corrected chi connectivity index (χ2v) is 6.62. The van der Waals surface area contributed by atoms with Gasteiger partial charge in [-0.05, 0) is 79.3 Å². The molecule has 0 spiro atoms. The van der Waals surface area contributed by atoms with Gasteiger partial charge in [0.1, 0.15) is 0 Å². The van der Waals surface area contributed by atoms with Crippen LogP contribution in [0.1, 0.15) is 51.8 Å². The maximum atomic E-state index is 6.67. The Kier molecular flexibility index (Phi) is 3.62. The van der Waals surface area contributed by atoms with Crippen LogP contribution in [0.15, 0.2) is 36.4 Å². The Morgan fingerprint density at radius 1 is 0.952 bits per heavy atom. The van der Waals surface area contributed by atoms with Crippen LogP contribution in [0.5, 0.6) is 0 Å². The van der Waals surface area contributed by atoms with Crippen molar-refractivity contribution in [2.24, 2.45) is 11.7 Å². The van der Waals surface area contributed by atoms with Crippen molar-refractivity contribution in [1.29, 1.82) is 0 Å². The number of hydrogen-bond acceptors (Lipinski definition) is 1. The monoisotopic (exact) mass is 279 g/mol. The largest absolute Gasteiger partial charge is 0.324 e. The average molecular weight is 279 g/mol. The summed E-state index contributed by atoms with van der Waals surface area (Å²) in [5, 5.41) is 0. The molecule has 1 fully saturated rings. The number of rotatable bonds is 3. The van der Waals surface area contributed by atoms with Gasteiger partial charge in [0, 0.05) is 6.04 Å². The molecule has 3 atom stereocenters. The van der Waals surface area contributed by atoms with Crippen molar-refractivity contribution in [3.63, 3.8) is 0 Å². The minimum absolute atomic E-state index is 0.161.